The highest BCUT2D eigenvalue weighted by Gasteiger charge is 2.21. The zero-order chi connectivity index (χ0) is 20.3. The molecule has 2 heterocycles. The van der Waals surface area contributed by atoms with Crippen molar-refractivity contribution in [1.29, 1.82) is 0 Å². The van der Waals surface area contributed by atoms with Crippen LogP contribution < -0.4 is 0 Å². The van der Waals surface area contributed by atoms with E-state index in [1.54, 1.807) is 0 Å². The third kappa shape index (κ3) is 5.26. The first-order chi connectivity index (χ1) is 13.3. The summed E-state index contributed by atoms with van der Waals surface area (Å²) in [6.45, 7) is 6.53. The van der Waals surface area contributed by atoms with E-state index >= 15 is 0 Å². The average Bonchev–Trinajstić information content (AvgIpc) is 3.04. The van der Waals surface area contributed by atoms with Gasteiger partial charge in [0.1, 0.15) is 12.2 Å². The molecule has 1 atom stereocenters. The van der Waals surface area contributed by atoms with Crippen molar-refractivity contribution in [3.05, 3.63) is 27.3 Å². The largest absolute Gasteiger partial charge is 0.458 e. The number of hydrogen-bond acceptors (Lipinski definition) is 5. The Kier molecular flexibility index (Phi) is 7.02. The van der Waals surface area contributed by atoms with Crippen LogP contribution in [0.3, 0.4) is 0 Å². The van der Waals surface area contributed by atoms with E-state index in [0.717, 1.165) is 46.8 Å². The minimum atomic E-state index is -0.514. The van der Waals surface area contributed by atoms with Crippen LogP contribution in [0.1, 0.15) is 51.8 Å². The molecule has 0 aliphatic carbocycles. The van der Waals surface area contributed by atoms with Gasteiger partial charge in [-0.25, -0.2) is 9.48 Å². The Morgan fingerprint density at radius 3 is 2.89 bits per heavy atom. The van der Waals surface area contributed by atoms with E-state index in [0.29, 0.717) is 18.1 Å². The van der Waals surface area contributed by atoms with Crippen molar-refractivity contribution in [2.24, 2.45) is 0 Å². The van der Waals surface area contributed by atoms with Gasteiger partial charge in [-0.3, -0.25) is 0 Å². The maximum Gasteiger partial charge on any atom is 0.332 e. The van der Waals surface area contributed by atoms with Gasteiger partial charge in [0.2, 0.25) is 0 Å². The molecule has 1 unspecified atom stereocenters. The van der Waals surface area contributed by atoms with Crippen molar-refractivity contribution in [2.75, 3.05) is 19.8 Å². The molecule has 154 valence electrons. The number of carbonyl (C=O) groups is 1. The van der Waals surface area contributed by atoms with Crippen molar-refractivity contribution < 1.29 is 19.0 Å². The Morgan fingerprint density at radius 2 is 2.21 bits per heavy atom. The molecular formula is C20H26BrClN2O4. The van der Waals surface area contributed by atoms with Crippen LogP contribution in [-0.2, 0) is 25.4 Å². The van der Waals surface area contributed by atoms with Crippen molar-refractivity contribution in [3.63, 3.8) is 0 Å². The molecule has 0 N–H and O–H groups in total. The lowest BCUT2D eigenvalue weighted by Gasteiger charge is -2.23. The summed E-state index contributed by atoms with van der Waals surface area (Å²) in [4.78, 5) is 11.7. The highest BCUT2D eigenvalue weighted by molar-refractivity contribution is 9.10. The second-order valence-electron chi connectivity index (χ2n) is 7.88. The first kappa shape index (κ1) is 21.6. The van der Waals surface area contributed by atoms with Crippen LogP contribution in [0.5, 0.6) is 0 Å². The summed E-state index contributed by atoms with van der Waals surface area (Å²) in [7, 11) is 0. The zero-order valence-electron chi connectivity index (χ0n) is 16.5. The van der Waals surface area contributed by atoms with Gasteiger partial charge in [0, 0.05) is 21.5 Å². The predicted octanol–water partition coefficient (Wildman–Crippen LogP) is 5.05. The molecule has 1 aliphatic rings. The van der Waals surface area contributed by atoms with Crippen molar-refractivity contribution in [2.45, 2.75) is 58.3 Å². The molecule has 0 saturated carbocycles. The van der Waals surface area contributed by atoms with Crippen LogP contribution in [0.4, 0.5) is 0 Å². The molecule has 1 fully saturated rings. The van der Waals surface area contributed by atoms with E-state index in [2.05, 4.69) is 21.0 Å². The lowest BCUT2D eigenvalue weighted by molar-refractivity contribution is -0.160. The minimum absolute atomic E-state index is 0.0442. The normalized spacial score (nSPS) is 17.8. The molecule has 8 heteroatoms. The molecule has 28 heavy (non-hydrogen) atoms. The summed E-state index contributed by atoms with van der Waals surface area (Å²) in [5.41, 5.74) is 1.37. The Morgan fingerprint density at radius 1 is 1.43 bits per heavy atom. The third-order valence-electron chi connectivity index (χ3n) is 4.45. The summed E-state index contributed by atoms with van der Waals surface area (Å²) in [6.07, 6.45) is 5.54. The average molecular weight is 474 g/mol. The Labute approximate surface area is 178 Å². The van der Waals surface area contributed by atoms with E-state index in [-0.39, 0.29) is 18.8 Å². The fraction of sp³-hybridized carbons (Fsp3) is 0.600. The number of halogens is 2. The van der Waals surface area contributed by atoms with E-state index < -0.39 is 5.60 Å². The fourth-order valence-electron chi connectivity index (χ4n) is 3.24. The van der Waals surface area contributed by atoms with Crippen LogP contribution in [0.25, 0.3) is 10.9 Å². The molecule has 3 rings (SSSR count). The summed E-state index contributed by atoms with van der Waals surface area (Å²) in [5, 5.41) is 6.15. The quantitative estimate of drug-likeness (QED) is 0.434. The van der Waals surface area contributed by atoms with Crippen LogP contribution >= 0.6 is 27.5 Å². The molecule has 1 aromatic heterocycles. The van der Waals surface area contributed by atoms with Gasteiger partial charge < -0.3 is 14.2 Å². The van der Waals surface area contributed by atoms with Crippen LogP contribution in [0, 0.1) is 0 Å². The van der Waals surface area contributed by atoms with Gasteiger partial charge in [-0.2, -0.15) is 5.10 Å². The van der Waals surface area contributed by atoms with Gasteiger partial charge in [0.25, 0.3) is 0 Å². The molecule has 0 spiro atoms. The third-order valence-corrected chi connectivity index (χ3v) is 5.69. The van der Waals surface area contributed by atoms with Gasteiger partial charge in [0.05, 0.1) is 18.3 Å². The van der Waals surface area contributed by atoms with Crippen LogP contribution in [0.2, 0.25) is 5.02 Å². The predicted molar refractivity (Wildman–Crippen MR) is 112 cm³/mol. The van der Waals surface area contributed by atoms with Gasteiger partial charge in [0.15, 0.2) is 6.23 Å². The van der Waals surface area contributed by atoms with Crippen molar-refractivity contribution in [3.8, 4) is 0 Å². The number of rotatable bonds is 6. The van der Waals surface area contributed by atoms with Crippen LogP contribution in [0.15, 0.2) is 16.7 Å². The van der Waals surface area contributed by atoms with Crippen LogP contribution in [-0.4, -0.2) is 41.2 Å². The first-order valence-corrected chi connectivity index (χ1v) is 10.7. The number of carbonyl (C=O) groups excluding carboxylic acids is 1. The van der Waals surface area contributed by atoms with Gasteiger partial charge in [-0.15, -0.1) is 0 Å². The standard InChI is InChI=1S/C20H26BrClN2O4/c1-20(2,3)28-18(25)12-26-9-7-13-15(22)10-16-14(19(13)21)11-23-24(16)17-6-4-5-8-27-17/h10-11,17H,4-9,12H2,1-3H3. The molecule has 1 aliphatic heterocycles. The zero-order valence-corrected chi connectivity index (χ0v) is 18.8. The molecule has 0 bridgehead atoms. The Bertz CT molecular complexity index is 841. The Hall–Kier alpha value is -1.15. The molecule has 6 nitrogen and oxygen atoms in total. The highest BCUT2D eigenvalue weighted by Crippen LogP contribution is 2.36. The maximum atomic E-state index is 11.7. The molecule has 1 saturated heterocycles. The maximum absolute atomic E-state index is 11.7. The number of ether oxygens (including phenoxy) is 3. The molecular weight excluding hydrogens is 448 g/mol. The second-order valence-corrected chi connectivity index (χ2v) is 9.08. The van der Waals surface area contributed by atoms with Gasteiger partial charge in [-0.05, 0) is 74.0 Å². The van der Waals surface area contributed by atoms with Crippen molar-refractivity contribution >= 4 is 44.4 Å². The highest BCUT2D eigenvalue weighted by atomic mass is 79.9. The Balaban J connectivity index is 1.66. The van der Waals surface area contributed by atoms with Crippen molar-refractivity contribution in [1.82, 2.24) is 9.78 Å². The number of esters is 1. The molecule has 0 radical (unpaired) electrons. The minimum Gasteiger partial charge on any atom is -0.458 e. The number of benzene rings is 1. The van der Waals surface area contributed by atoms with E-state index in [4.69, 9.17) is 25.8 Å². The number of aromatic nitrogens is 2. The fourth-order valence-corrected chi connectivity index (χ4v) is 4.36. The number of nitrogens with zero attached hydrogens (tertiary/aromatic N) is 2. The second kappa shape index (κ2) is 9.11. The topological polar surface area (TPSA) is 62.6 Å². The first-order valence-electron chi connectivity index (χ1n) is 9.51. The van der Waals surface area contributed by atoms with E-state index in [1.807, 2.05) is 37.7 Å². The monoisotopic (exact) mass is 472 g/mol. The van der Waals surface area contributed by atoms with Gasteiger partial charge in [-0.1, -0.05) is 11.6 Å². The van der Waals surface area contributed by atoms with E-state index in [9.17, 15) is 4.79 Å². The smallest absolute Gasteiger partial charge is 0.332 e. The van der Waals surface area contributed by atoms with Gasteiger partial charge >= 0.3 is 5.97 Å². The summed E-state index contributed by atoms with van der Waals surface area (Å²) in [6, 6.07) is 1.93. The lowest BCUT2D eigenvalue weighted by Crippen LogP contribution is -2.26. The molecule has 0 amide bonds. The summed E-state index contributed by atoms with van der Waals surface area (Å²) < 4.78 is 19.4. The number of fused-ring (bicyclic) bond motifs is 1. The number of hydrogen-bond donors (Lipinski definition) is 0. The summed E-state index contributed by atoms with van der Waals surface area (Å²) in [5.74, 6) is -0.373. The lowest BCUT2D eigenvalue weighted by atomic mass is 10.1. The molecule has 2 aromatic rings. The SMILES string of the molecule is CC(C)(C)OC(=O)COCCc1c(Cl)cc2c(cnn2C2CCCCO2)c1Br. The molecule has 1 aromatic carbocycles. The summed E-state index contributed by atoms with van der Waals surface area (Å²) >= 11 is 10.2. The van der Waals surface area contributed by atoms with E-state index in [1.165, 1.54) is 0 Å².